The highest BCUT2D eigenvalue weighted by Gasteiger charge is 2.54. The van der Waals surface area contributed by atoms with Crippen molar-refractivity contribution in [2.45, 2.75) is 43.0 Å². The van der Waals surface area contributed by atoms with Gasteiger partial charge in [0.05, 0.1) is 28.0 Å². The van der Waals surface area contributed by atoms with Crippen molar-refractivity contribution >= 4 is 40.4 Å². The molecule has 6 atom stereocenters. The van der Waals surface area contributed by atoms with Gasteiger partial charge < -0.3 is 94.5 Å². The molecule has 3 aliphatic rings. The minimum absolute atomic E-state index is 0.405. The largest absolute Gasteiger partial charge is 0.504 e. The lowest BCUT2D eigenvalue weighted by Gasteiger charge is -2.43. The van der Waals surface area contributed by atoms with Gasteiger partial charge in [0.25, 0.3) is 0 Å². The summed E-state index contributed by atoms with van der Waals surface area (Å²) >= 11 is 0. The van der Waals surface area contributed by atoms with Crippen LogP contribution in [-0.2, 0) is 28.5 Å². The van der Waals surface area contributed by atoms with E-state index in [1.54, 1.807) is 0 Å². The first-order valence-electron chi connectivity index (χ1n) is 18.3. The highest BCUT2D eigenvalue weighted by atomic mass is 16.7. The number of esters is 4. The second kappa shape index (κ2) is 15.2. The van der Waals surface area contributed by atoms with Gasteiger partial charge in [0.1, 0.15) is 18.8 Å². The second-order valence-corrected chi connectivity index (χ2v) is 14.5. The van der Waals surface area contributed by atoms with E-state index in [4.69, 9.17) is 28.1 Å². The van der Waals surface area contributed by atoms with Crippen molar-refractivity contribution in [1.29, 1.82) is 0 Å². The van der Waals surface area contributed by atoms with Gasteiger partial charge in [0.15, 0.2) is 69.4 Å². The van der Waals surface area contributed by atoms with Crippen LogP contribution < -0.4 is 5.63 Å². The summed E-state index contributed by atoms with van der Waals surface area (Å²) in [5.74, 6) is -25.0. The Kier molecular flexibility index (Phi) is 10.0. The first-order valence-corrected chi connectivity index (χ1v) is 18.3. The van der Waals surface area contributed by atoms with Crippen LogP contribution in [0.4, 0.5) is 0 Å². The van der Waals surface area contributed by atoms with Crippen molar-refractivity contribution in [3.8, 4) is 80.1 Å². The van der Waals surface area contributed by atoms with E-state index in [1.807, 2.05) is 0 Å². The van der Waals surface area contributed by atoms with Gasteiger partial charge in [-0.25, -0.2) is 19.2 Å². The van der Waals surface area contributed by atoms with Crippen LogP contribution in [0, 0.1) is 0 Å². The van der Waals surface area contributed by atoms with Gasteiger partial charge in [0, 0.05) is 28.5 Å². The van der Waals surface area contributed by atoms with E-state index in [0.29, 0.717) is 30.3 Å². The van der Waals surface area contributed by atoms with Crippen molar-refractivity contribution < 1.29 is 118 Å². The van der Waals surface area contributed by atoms with Crippen LogP contribution in [0.5, 0.6) is 69.0 Å². The molecule has 25 heteroatoms. The first kappa shape index (κ1) is 42.8. The molecule has 1 aliphatic carbocycles. The standard InChI is InChI=1S/C40H28O25/c41-13-1-8(2-14(42)24(13)47)35(55)65-40-34(64-39(59)12-6-18(46)32-23(12)22-11(37(57)62-32)5-17(45)27(50)31(22)54)33-28(51)19(61-40)7-60-36(56)9-3-15(43)25(48)29(52)20(9)21-10(38(58)63-33)4-16(44)26(49)30(21)53/h1-5,12,19,28,33-34,40-45,47-54H,6-7H2/t12?,19-,28-,33+,34-,40+/m1/s1. The van der Waals surface area contributed by atoms with E-state index in [2.05, 4.69) is 0 Å². The van der Waals surface area contributed by atoms with Gasteiger partial charge in [-0.1, -0.05) is 0 Å². The highest BCUT2D eigenvalue weighted by Crippen LogP contribution is 2.53. The van der Waals surface area contributed by atoms with Crippen LogP contribution in [0.15, 0.2) is 39.5 Å². The number of phenols is 12. The number of Topliss-reactive ketones (excluding diaryl/α,β-unsaturated/α-hetero) is 1. The summed E-state index contributed by atoms with van der Waals surface area (Å²) in [4.78, 5) is 81.9. The number of aromatic hydroxyl groups is 12. The number of ketones is 1. The molecular formula is C40H28O25. The molecule has 0 radical (unpaired) electrons. The van der Waals surface area contributed by atoms with Gasteiger partial charge in [-0.05, 0) is 30.3 Å². The predicted octanol–water partition coefficient (Wildman–Crippen LogP) is 0.848. The molecule has 25 nitrogen and oxygen atoms in total. The fourth-order valence-corrected chi connectivity index (χ4v) is 7.55. The Morgan fingerprint density at radius 2 is 1.17 bits per heavy atom. The zero-order valence-electron chi connectivity index (χ0n) is 32.0. The Balaban J connectivity index is 1.28. The van der Waals surface area contributed by atoms with Crippen molar-refractivity contribution in [1.82, 2.24) is 0 Å². The Morgan fingerprint density at radius 3 is 1.77 bits per heavy atom. The molecule has 4 aromatic carbocycles. The molecule has 1 aromatic heterocycles. The monoisotopic (exact) mass is 908 g/mol. The smallest absolute Gasteiger partial charge is 0.344 e. The highest BCUT2D eigenvalue weighted by molar-refractivity contribution is 6.11. The fraction of sp³-hybridized carbons (Fsp3) is 0.200. The number of benzene rings is 4. The Hall–Kier alpha value is -8.84. The number of aliphatic hydroxyl groups excluding tert-OH is 1. The Bertz CT molecular complexity index is 3000. The number of fused-ring (bicyclic) bond motifs is 8. The molecule has 8 rings (SSSR count). The number of hydrogen-bond donors (Lipinski definition) is 13. The number of rotatable bonds is 4. The van der Waals surface area contributed by atoms with E-state index >= 15 is 0 Å². The molecule has 0 amide bonds. The Labute approximate surface area is 357 Å². The minimum Gasteiger partial charge on any atom is -0.504 e. The van der Waals surface area contributed by atoms with Gasteiger partial charge in [-0.3, -0.25) is 9.59 Å². The molecule has 0 spiro atoms. The van der Waals surface area contributed by atoms with Gasteiger partial charge in [-0.15, -0.1) is 0 Å². The van der Waals surface area contributed by atoms with Crippen LogP contribution >= 0.6 is 0 Å². The zero-order valence-corrected chi connectivity index (χ0v) is 32.0. The second-order valence-electron chi connectivity index (χ2n) is 14.5. The molecule has 2 bridgehead atoms. The molecule has 13 N–H and O–H groups in total. The van der Waals surface area contributed by atoms with E-state index in [0.717, 1.165) is 0 Å². The molecule has 5 aromatic rings. The fourth-order valence-electron chi connectivity index (χ4n) is 7.55. The molecule has 3 heterocycles. The van der Waals surface area contributed by atoms with Crippen LogP contribution in [0.25, 0.3) is 21.9 Å². The summed E-state index contributed by atoms with van der Waals surface area (Å²) in [5, 5.41) is 135. The van der Waals surface area contributed by atoms with Gasteiger partial charge >= 0.3 is 29.5 Å². The van der Waals surface area contributed by atoms with Crippen molar-refractivity contribution in [3.63, 3.8) is 0 Å². The van der Waals surface area contributed by atoms with E-state index < -0.39 is 204 Å². The van der Waals surface area contributed by atoms with Crippen molar-refractivity contribution in [2.75, 3.05) is 6.61 Å². The quantitative estimate of drug-likeness (QED) is 0.0675. The number of carbonyl (C=O) groups is 5. The lowest BCUT2D eigenvalue weighted by molar-refractivity contribution is -0.288. The van der Waals surface area contributed by atoms with Gasteiger partial charge in [0.2, 0.25) is 29.6 Å². The van der Waals surface area contributed by atoms with Crippen LogP contribution in [0.1, 0.15) is 59.5 Å². The number of carbonyl (C=O) groups excluding carboxylic acids is 5. The topological polar surface area (TPSA) is 425 Å². The summed E-state index contributed by atoms with van der Waals surface area (Å²) in [6.45, 7) is -1.16. The molecular weight excluding hydrogens is 880 g/mol. The SMILES string of the molecule is O=C(O[C@@H]1O[C@@H]2COC(=O)c3cc(O)c(O)c(O)c3-c3c(cc(O)c(O)c3O)C(=O)O[C@@H]([C@@H]2O)[C@H]1OC(=O)C1CC(=O)c2oc(=O)c3cc(O)c(O)c(O)c3c21)c1cc(O)c(O)c(O)c1. The molecule has 1 fully saturated rings. The van der Waals surface area contributed by atoms with E-state index in [1.165, 1.54) is 0 Å². The van der Waals surface area contributed by atoms with Gasteiger partial charge in [-0.2, -0.15) is 0 Å². The third-order valence-electron chi connectivity index (χ3n) is 10.7. The van der Waals surface area contributed by atoms with Crippen molar-refractivity contribution in [2.24, 2.45) is 0 Å². The summed E-state index contributed by atoms with van der Waals surface area (Å²) < 4.78 is 32.7. The number of aliphatic hydroxyl groups is 1. The summed E-state index contributed by atoms with van der Waals surface area (Å²) in [7, 11) is 0. The maximum atomic E-state index is 14.3. The first-order chi connectivity index (χ1) is 30.6. The lowest BCUT2D eigenvalue weighted by Crippen LogP contribution is -2.62. The normalized spacial score (nSPS) is 21.5. The summed E-state index contributed by atoms with van der Waals surface area (Å²) in [6.07, 6.45) is -12.7. The number of hydrogen-bond acceptors (Lipinski definition) is 25. The van der Waals surface area contributed by atoms with Crippen LogP contribution in [0.2, 0.25) is 0 Å². The Morgan fingerprint density at radius 1 is 0.631 bits per heavy atom. The van der Waals surface area contributed by atoms with Crippen LogP contribution in [0.3, 0.4) is 0 Å². The van der Waals surface area contributed by atoms with Crippen molar-refractivity contribution in [3.05, 3.63) is 68.8 Å². The number of ether oxygens (including phenoxy) is 5. The maximum absolute atomic E-state index is 14.3. The number of phenolic OH excluding ortho intramolecular Hbond substituents is 12. The lowest BCUT2D eigenvalue weighted by atomic mass is 9.91. The minimum atomic E-state index is -2.48. The average molecular weight is 909 g/mol. The molecule has 0 saturated carbocycles. The zero-order chi connectivity index (χ0) is 47.2. The molecule has 65 heavy (non-hydrogen) atoms. The molecule has 2 aliphatic heterocycles. The van der Waals surface area contributed by atoms with Crippen LogP contribution in [-0.4, -0.2) is 133 Å². The predicted molar refractivity (Wildman–Crippen MR) is 202 cm³/mol. The van der Waals surface area contributed by atoms with E-state index in [-0.39, 0.29) is 0 Å². The maximum Gasteiger partial charge on any atom is 0.344 e. The summed E-state index contributed by atoms with van der Waals surface area (Å²) in [5.41, 5.74) is -6.79. The number of cyclic esters (lactones) is 1. The summed E-state index contributed by atoms with van der Waals surface area (Å²) in [6, 6.07) is 2.72. The third kappa shape index (κ3) is 6.73. The molecule has 1 unspecified atom stereocenters. The average Bonchev–Trinajstić information content (AvgIpc) is 3.59. The molecule has 1 saturated heterocycles. The third-order valence-corrected chi connectivity index (χ3v) is 10.7. The van der Waals surface area contributed by atoms with E-state index in [9.17, 15) is 95.2 Å². The molecule has 338 valence electrons.